The van der Waals surface area contributed by atoms with Crippen LogP contribution in [0.3, 0.4) is 0 Å². The molecule has 0 unspecified atom stereocenters. The van der Waals surface area contributed by atoms with E-state index in [-0.39, 0.29) is 25.9 Å². The van der Waals surface area contributed by atoms with Gasteiger partial charge in [0.2, 0.25) is 0 Å². The van der Waals surface area contributed by atoms with Crippen molar-refractivity contribution in [3.8, 4) is 11.1 Å². The standard InChI is InChI=1S/C24H18FN2.Ir/c1-14-10-18(25)11-15(2)23(14)17-8-9-22-21(12-17)19-6-4-5-7-20(19)24-26-16(3)13-27(22)24;/h4-6,8-13H,1-3H3;/q-1;. The van der Waals surface area contributed by atoms with Crippen LogP contribution >= 0.6 is 0 Å². The Morgan fingerprint density at radius 2 is 1.71 bits per heavy atom. The summed E-state index contributed by atoms with van der Waals surface area (Å²) in [6.45, 7) is 5.93. The Bertz CT molecular complexity index is 1340. The van der Waals surface area contributed by atoms with Gasteiger partial charge in [-0.05, 0) is 66.6 Å². The third-order valence-corrected chi connectivity index (χ3v) is 5.24. The molecule has 5 aromatic rings. The second-order valence-corrected chi connectivity index (χ2v) is 7.18. The first-order valence-corrected chi connectivity index (χ1v) is 9.02. The van der Waals surface area contributed by atoms with E-state index in [0.717, 1.165) is 55.3 Å². The van der Waals surface area contributed by atoms with Crippen molar-refractivity contribution in [2.24, 2.45) is 0 Å². The van der Waals surface area contributed by atoms with Crippen molar-refractivity contribution >= 4 is 27.3 Å². The van der Waals surface area contributed by atoms with E-state index in [0.29, 0.717) is 0 Å². The van der Waals surface area contributed by atoms with Gasteiger partial charge in [-0.15, -0.1) is 29.7 Å². The fraction of sp³-hybridized carbons (Fsp3) is 0.125. The van der Waals surface area contributed by atoms with E-state index in [9.17, 15) is 4.39 Å². The van der Waals surface area contributed by atoms with Gasteiger partial charge in [0.1, 0.15) is 5.82 Å². The summed E-state index contributed by atoms with van der Waals surface area (Å²) in [4.78, 5) is 4.70. The van der Waals surface area contributed by atoms with Gasteiger partial charge in [0.05, 0.1) is 5.65 Å². The minimum absolute atomic E-state index is 0. The topological polar surface area (TPSA) is 17.3 Å². The molecule has 0 atom stereocenters. The minimum Gasteiger partial charge on any atom is -0.340 e. The predicted octanol–water partition coefficient (Wildman–Crippen LogP) is 6.17. The van der Waals surface area contributed by atoms with Crippen molar-refractivity contribution in [2.75, 3.05) is 0 Å². The first kappa shape index (κ1) is 18.8. The van der Waals surface area contributed by atoms with E-state index >= 15 is 0 Å². The summed E-state index contributed by atoms with van der Waals surface area (Å²) in [6.07, 6.45) is 2.06. The van der Waals surface area contributed by atoms with Gasteiger partial charge in [0.15, 0.2) is 0 Å². The second kappa shape index (κ2) is 6.80. The molecule has 0 fully saturated rings. The Labute approximate surface area is 176 Å². The van der Waals surface area contributed by atoms with Gasteiger partial charge < -0.3 is 4.40 Å². The number of fused-ring (bicyclic) bond motifs is 6. The molecule has 28 heavy (non-hydrogen) atoms. The quantitative estimate of drug-likeness (QED) is 0.182. The third kappa shape index (κ3) is 2.76. The van der Waals surface area contributed by atoms with Crippen LogP contribution in [0.4, 0.5) is 4.39 Å². The fourth-order valence-electron chi connectivity index (χ4n) is 4.19. The molecule has 0 aliphatic heterocycles. The van der Waals surface area contributed by atoms with Gasteiger partial charge >= 0.3 is 0 Å². The number of benzene rings is 3. The van der Waals surface area contributed by atoms with E-state index in [4.69, 9.17) is 4.98 Å². The van der Waals surface area contributed by atoms with Crippen LogP contribution in [0.1, 0.15) is 16.8 Å². The number of hydrogen-bond donors (Lipinski definition) is 0. The molecule has 0 spiro atoms. The SMILES string of the molecule is Cc1cn2c3ccc(-c4c(C)cc(F)cc4C)cc3c3ccc[c-]c3c2n1.[Ir]. The van der Waals surface area contributed by atoms with Gasteiger partial charge in [-0.25, -0.2) is 4.39 Å². The van der Waals surface area contributed by atoms with E-state index in [1.54, 1.807) is 12.1 Å². The number of imidazole rings is 1. The molecule has 141 valence electrons. The molecule has 5 rings (SSSR count). The first-order valence-electron chi connectivity index (χ1n) is 9.02. The van der Waals surface area contributed by atoms with Gasteiger partial charge in [0, 0.05) is 37.5 Å². The molecule has 0 saturated carbocycles. The summed E-state index contributed by atoms with van der Waals surface area (Å²) in [6, 6.07) is 19.1. The summed E-state index contributed by atoms with van der Waals surface area (Å²) >= 11 is 0. The Morgan fingerprint density at radius 3 is 2.46 bits per heavy atom. The maximum Gasteiger partial charge on any atom is 0.123 e. The number of rotatable bonds is 1. The van der Waals surface area contributed by atoms with Crippen molar-refractivity contribution in [3.05, 3.63) is 83.4 Å². The normalized spacial score (nSPS) is 11.3. The average molecular weight is 546 g/mol. The van der Waals surface area contributed by atoms with Crippen LogP contribution in [0.25, 0.3) is 38.4 Å². The van der Waals surface area contributed by atoms with Crippen LogP contribution < -0.4 is 0 Å². The van der Waals surface area contributed by atoms with Crippen molar-refractivity contribution in [2.45, 2.75) is 20.8 Å². The van der Waals surface area contributed by atoms with Gasteiger partial charge in [0.25, 0.3) is 0 Å². The number of hydrogen-bond acceptors (Lipinski definition) is 1. The van der Waals surface area contributed by atoms with E-state index < -0.39 is 0 Å². The summed E-state index contributed by atoms with van der Waals surface area (Å²) < 4.78 is 15.9. The summed E-state index contributed by atoms with van der Waals surface area (Å²) in [5.74, 6) is -0.190. The molecule has 2 heterocycles. The third-order valence-electron chi connectivity index (χ3n) is 5.24. The average Bonchev–Trinajstić information content (AvgIpc) is 3.03. The van der Waals surface area contributed by atoms with Crippen LogP contribution in [0, 0.1) is 32.7 Å². The van der Waals surface area contributed by atoms with E-state index in [1.807, 2.05) is 32.9 Å². The van der Waals surface area contributed by atoms with Crippen LogP contribution in [-0.4, -0.2) is 9.38 Å². The number of aryl methyl sites for hydroxylation is 3. The monoisotopic (exact) mass is 546 g/mol. The van der Waals surface area contributed by atoms with Crippen molar-refractivity contribution in [3.63, 3.8) is 0 Å². The summed E-state index contributed by atoms with van der Waals surface area (Å²) in [5.41, 5.74) is 7.10. The molecular formula is C24H18FIrN2-. The molecule has 2 nitrogen and oxygen atoms in total. The van der Waals surface area contributed by atoms with E-state index in [1.165, 1.54) is 0 Å². The van der Waals surface area contributed by atoms with Crippen LogP contribution in [0.2, 0.25) is 0 Å². The Morgan fingerprint density at radius 1 is 0.964 bits per heavy atom. The zero-order chi connectivity index (χ0) is 18.7. The van der Waals surface area contributed by atoms with Crippen molar-refractivity contribution < 1.29 is 24.5 Å². The molecule has 0 N–H and O–H groups in total. The number of halogens is 1. The molecule has 0 bridgehead atoms. The van der Waals surface area contributed by atoms with Gasteiger partial charge in [-0.1, -0.05) is 17.5 Å². The van der Waals surface area contributed by atoms with E-state index in [2.05, 4.69) is 40.9 Å². The Balaban J connectivity index is 0.00000192. The minimum atomic E-state index is -0.190. The maximum atomic E-state index is 13.7. The number of pyridine rings is 1. The number of aromatic nitrogens is 2. The first-order chi connectivity index (χ1) is 13.0. The zero-order valence-electron chi connectivity index (χ0n) is 15.8. The summed E-state index contributed by atoms with van der Waals surface area (Å²) in [7, 11) is 0. The predicted molar refractivity (Wildman–Crippen MR) is 109 cm³/mol. The van der Waals surface area contributed by atoms with Gasteiger partial charge in [-0.2, -0.15) is 0 Å². The molecule has 3 aromatic carbocycles. The Kier molecular flexibility index (Phi) is 4.57. The van der Waals surface area contributed by atoms with Crippen LogP contribution in [-0.2, 0) is 20.1 Å². The largest absolute Gasteiger partial charge is 0.340 e. The van der Waals surface area contributed by atoms with Crippen molar-refractivity contribution in [1.29, 1.82) is 0 Å². The molecule has 4 heteroatoms. The number of nitrogens with zero attached hydrogens (tertiary/aromatic N) is 2. The van der Waals surface area contributed by atoms with Crippen LogP contribution in [0.15, 0.2) is 54.7 Å². The Hall–Kier alpha value is -2.55. The molecule has 0 amide bonds. The summed E-state index contributed by atoms with van der Waals surface area (Å²) in [5, 5.41) is 3.29. The smallest absolute Gasteiger partial charge is 0.123 e. The molecule has 2 aromatic heterocycles. The second-order valence-electron chi connectivity index (χ2n) is 7.18. The van der Waals surface area contributed by atoms with Crippen molar-refractivity contribution in [1.82, 2.24) is 9.38 Å². The molecule has 0 aliphatic rings. The maximum absolute atomic E-state index is 13.7. The van der Waals surface area contributed by atoms with Gasteiger partial charge in [-0.3, -0.25) is 4.98 Å². The molecule has 1 radical (unpaired) electrons. The van der Waals surface area contributed by atoms with Crippen LogP contribution in [0.5, 0.6) is 0 Å². The fourth-order valence-corrected chi connectivity index (χ4v) is 4.19. The molecular weight excluding hydrogens is 527 g/mol. The molecule has 0 aliphatic carbocycles. The zero-order valence-corrected chi connectivity index (χ0v) is 18.2. The molecule has 0 saturated heterocycles.